The van der Waals surface area contributed by atoms with Gasteiger partial charge in [0.05, 0.1) is 6.04 Å². The highest BCUT2D eigenvalue weighted by molar-refractivity contribution is 5.05. The van der Waals surface area contributed by atoms with Crippen LogP contribution in [0.2, 0.25) is 0 Å². The van der Waals surface area contributed by atoms with Crippen LogP contribution in [0.15, 0.2) is 0 Å². The maximum atomic E-state index is 6.05. The first-order chi connectivity index (χ1) is 7.84. The SMILES string of the molecule is NC1CCCn2nc(C3CCNCC3)nc21. The Morgan fingerprint density at radius 2 is 2.06 bits per heavy atom. The van der Waals surface area contributed by atoms with Crippen LogP contribution in [0.3, 0.4) is 0 Å². The van der Waals surface area contributed by atoms with Gasteiger partial charge in [-0.15, -0.1) is 0 Å². The molecule has 3 N–H and O–H groups in total. The van der Waals surface area contributed by atoms with Crippen molar-refractivity contribution in [1.29, 1.82) is 0 Å². The Balaban J connectivity index is 1.85. The lowest BCUT2D eigenvalue weighted by Crippen LogP contribution is -2.27. The van der Waals surface area contributed by atoms with Crippen LogP contribution in [-0.2, 0) is 6.54 Å². The number of piperidine rings is 1. The Kier molecular flexibility index (Phi) is 2.65. The first-order valence-corrected chi connectivity index (χ1v) is 6.25. The van der Waals surface area contributed by atoms with Crippen molar-refractivity contribution in [3.8, 4) is 0 Å². The summed E-state index contributed by atoms with van der Waals surface area (Å²) in [4.78, 5) is 4.65. The second-order valence-corrected chi connectivity index (χ2v) is 4.82. The molecule has 0 saturated carbocycles. The number of nitrogens with two attached hydrogens (primary N) is 1. The third kappa shape index (κ3) is 1.74. The number of nitrogens with zero attached hydrogens (tertiary/aromatic N) is 3. The maximum absolute atomic E-state index is 6.05. The summed E-state index contributed by atoms with van der Waals surface area (Å²) in [5.41, 5.74) is 6.05. The Bertz CT molecular complexity index is 366. The smallest absolute Gasteiger partial charge is 0.154 e. The number of rotatable bonds is 1. The first-order valence-electron chi connectivity index (χ1n) is 6.25. The molecule has 1 atom stereocenters. The standard InChI is InChI=1S/C11H19N5/c12-9-2-1-7-16-11(9)14-10(15-16)8-3-5-13-6-4-8/h8-9,13H,1-7,12H2. The maximum Gasteiger partial charge on any atom is 0.154 e. The fourth-order valence-corrected chi connectivity index (χ4v) is 2.65. The highest BCUT2D eigenvalue weighted by atomic mass is 15.4. The molecule has 5 nitrogen and oxygen atoms in total. The van der Waals surface area contributed by atoms with Gasteiger partial charge in [-0.2, -0.15) is 5.10 Å². The number of aromatic nitrogens is 3. The molecule has 16 heavy (non-hydrogen) atoms. The number of hydrogen-bond donors (Lipinski definition) is 2. The van der Waals surface area contributed by atoms with Crippen LogP contribution in [0.25, 0.3) is 0 Å². The van der Waals surface area contributed by atoms with Gasteiger partial charge in [0.1, 0.15) is 5.82 Å². The van der Waals surface area contributed by atoms with Crippen molar-refractivity contribution in [1.82, 2.24) is 20.1 Å². The molecule has 3 rings (SSSR count). The van der Waals surface area contributed by atoms with Gasteiger partial charge in [0.15, 0.2) is 5.82 Å². The fourth-order valence-electron chi connectivity index (χ4n) is 2.65. The Labute approximate surface area is 95.4 Å². The van der Waals surface area contributed by atoms with E-state index in [-0.39, 0.29) is 6.04 Å². The highest BCUT2D eigenvalue weighted by Gasteiger charge is 2.25. The predicted octanol–water partition coefficient (Wildman–Crippen LogP) is 0.539. The van der Waals surface area contributed by atoms with Crippen LogP contribution in [0.4, 0.5) is 0 Å². The molecule has 1 aromatic heterocycles. The molecule has 0 spiro atoms. The molecule has 0 amide bonds. The molecule has 2 aliphatic heterocycles. The minimum Gasteiger partial charge on any atom is -0.321 e. The monoisotopic (exact) mass is 221 g/mol. The first kappa shape index (κ1) is 10.2. The molecular formula is C11H19N5. The fraction of sp³-hybridized carbons (Fsp3) is 0.818. The van der Waals surface area contributed by atoms with Crippen molar-refractivity contribution in [3.63, 3.8) is 0 Å². The van der Waals surface area contributed by atoms with Crippen molar-refractivity contribution < 1.29 is 0 Å². The second-order valence-electron chi connectivity index (χ2n) is 4.82. The second kappa shape index (κ2) is 4.14. The molecule has 1 fully saturated rings. The summed E-state index contributed by atoms with van der Waals surface area (Å²) in [5, 5.41) is 7.99. The topological polar surface area (TPSA) is 68.8 Å². The number of aryl methyl sites for hydroxylation is 1. The van der Waals surface area contributed by atoms with Gasteiger partial charge in [-0.3, -0.25) is 0 Å². The minimum atomic E-state index is 0.0942. The van der Waals surface area contributed by atoms with Gasteiger partial charge in [0.25, 0.3) is 0 Å². The van der Waals surface area contributed by atoms with Crippen LogP contribution >= 0.6 is 0 Å². The molecule has 1 unspecified atom stereocenters. The van der Waals surface area contributed by atoms with E-state index in [9.17, 15) is 0 Å². The largest absolute Gasteiger partial charge is 0.321 e. The average molecular weight is 221 g/mol. The lowest BCUT2D eigenvalue weighted by molar-refractivity contribution is 0.416. The number of hydrogen-bond acceptors (Lipinski definition) is 4. The van der Waals surface area contributed by atoms with Crippen molar-refractivity contribution in [3.05, 3.63) is 11.6 Å². The van der Waals surface area contributed by atoms with Crippen molar-refractivity contribution >= 4 is 0 Å². The Morgan fingerprint density at radius 3 is 2.81 bits per heavy atom. The van der Waals surface area contributed by atoms with Crippen molar-refractivity contribution in [2.24, 2.45) is 5.73 Å². The van der Waals surface area contributed by atoms with Gasteiger partial charge >= 0.3 is 0 Å². The molecule has 0 aromatic carbocycles. The van der Waals surface area contributed by atoms with E-state index in [0.717, 1.165) is 57.0 Å². The minimum absolute atomic E-state index is 0.0942. The highest BCUT2D eigenvalue weighted by Crippen LogP contribution is 2.26. The molecule has 3 heterocycles. The van der Waals surface area contributed by atoms with Crippen LogP contribution in [0.1, 0.15) is 49.3 Å². The average Bonchev–Trinajstić information content (AvgIpc) is 2.76. The van der Waals surface area contributed by atoms with E-state index >= 15 is 0 Å². The van der Waals surface area contributed by atoms with E-state index in [4.69, 9.17) is 5.73 Å². The van der Waals surface area contributed by atoms with Gasteiger partial charge in [0.2, 0.25) is 0 Å². The van der Waals surface area contributed by atoms with Crippen LogP contribution < -0.4 is 11.1 Å². The third-order valence-electron chi connectivity index (χ3n) is 3.64. The summed E-state index contributed by atoms with van der Waals surface area (Å²) >= 11 is 0. The molecular weight excluding hydrogens is 202 g/mol. The predicted molar refractivity (Wildman–Crippen MR) is 61.0 cm³/mol. The van der Waals surface area contributed by atoms with Gasteiger partial charge in [-0.1, -0.05) is 0 Å². The zero-order chi connectivity index (χ0) is 11.0. The van der Waals surface area contributed by atoms with E-state index in [1.807, 2.05) is 4.68 Å². The van der Waals surface area contributed by atoms with Crippen LogP contribution in [0, 0.1) is 0 Å². The molecule has 0 bridgehead atoms. The van der Waals surface area contributed by atoms with E-state index in [1.165, 1.54) is 0 Å². The van der Waals surface area contributed by atoms with Crippen LogP contribution in [-0.4, -0.2) is 27.9 Å². The van der Waals surface area contributed by atoms with Gasteiger partial charge in [-0.05, 0) is 38.8 Å². The summed E-state index contributed by atoms with van der Waals surface area (Å²) in [6.07, 6.45) is 4.48. The number of nitrogens with one attached hydrogen (secondary N) is 1. The normalized spacial score (nSPS) is 26.7. The van der Waals surface area contributed by atoms with E-state index < -0.39 is 0 Å². The zero-order valence-electron chi connectivity index (χ0n) is 9.52. The van der Waals surface area contributed by atoms with Crippen molar-refractivity contribution in [2.45, 2.75) is 44.2 Å². The zero-order valence-corrected chi connectivity index (χ0v) is 9.52. The summed E-state index contributed by atoms with van der Waals surface area (Å²) < 4.78 is 2.02. The molecule has 0 radical (unpaired) electrons. The van der Waals surface area contributed by atoms with Gasteiger partial charge in [0, 0.05) is 12.5 Å². The quantitative estimate of drug-likeness (QED) is 0.726. The molecule has 5 heteroatoms. The van der Waals surface area contributed by atoms with E-state index in [2.05, 4.69) is 15.4 Å². The molecule has 1 aromatic rings. The lowest BCUT2D eigenvalue weighted by Gasteiger charge is -2.19. The summed E-state index contributed by atoms with van der Waals surface area (Å²) in [7, 11) is 0. The lowest BCUT2D eigenvalue weighted by atomic mass is 9.98. The Hall–Kier alpha value is -0.940. The molecule has 88 valence electrons. The summed E-state index contributed by atoms with van der Waals surface area (Å²) in [6.45, 7) is 3.15. The van der Waals surface area contributed by atoms with Crippen LogP contribution in [0.5, 0.6) is 0 Å². The van der Waals surface area contributed by atoms with Crippen molar-refractivity contribution in [2.75, 3.05) is 13.1 Å². The third-order valence-corrected chi connectivity index (χ3v) is 3.64. The molecule has 1 saturated heterocycles. The Morgan fingerprint density at radius 1 is 1.25 bits per heavy atom. The van der Waals surface area contributed by atoms with Gasteiger partial charge in [-0.25, -0.2) is 9.67 Å². The summed E-state index contributed by atoms with van der Waals surface area (Å²) in [6, 6.07) is 0.0942. The summed E-state index contributed by atoms with van der Waals surface area (Å²) in [5.74, 6) is 2.56. The molecule has 2 aliphatic rings. The van der Waals surface area contributed by atoms with Gasteiger partial charge < -0.3 is 11.1 Å². The molecule has 0 aliphatic carbocycles. The van der Waals surface area contributed by atoms with E-state index in [0.29, 0.717) is 5.92 Å². The van der Waals surface area contributed by atoms with E-state index in [1.54, 1.807) is 0 Å². The number of fused-ring (bicyclic) bond motifs is 1.